The van der Waals surface area contributed by atoms with Crippen LogP contribution in [0.5, 0.6) is 0 Å². The molecule has 1 nitrogen and oxygen atoms in total. The van der Waals surface area contributed by atoms with E-state index in [1.807, 2.05) is 0 Å². The quantitative estimate of drug-likeness (QED) is 0.842. The molecule has 0 radical (unpaired) electrons. The highest BCUT2D eigenvalue weighted by molar-refractivity contribution is 6.30. The zero-order chi connectivity index (χ0) is 11.8. The molecular weight excluding hydrogens is 225 g/mol. The summed E-state index contributed by atoms with van der Waals surface area (Å²) in [6.45, 7) is 2.26. The summed E-state index contributed by atoms with van der Waals surface area (Å²) in [7, 11) is 0. The van der Waals surface area contributed by atoms with Crippen molar-refractivity contribution in [2.45, 2.75) is 38.0 Å². The monoisotopic (exact) mass is 241 g/mol. The largest absolute Gasteiger partial charge is 0.330 e. The fourth-order valence-corrected chi connectivity index (χ4v) is 3.02. The first-order valence-corrected chi connectivity index (χ1v) is 6.13. The van der Waals surface area contributed by atoms with Crippen LogP contribution in [0.4, 0.5) is 4.39 Å². The number of nitrogens with two attached hydrogens (primary N) is 1. The molecule has 1 aromatic carbocycles. The molecule has 1 aromatic rings. The maximum atomic E-state index is 14.2. The summed E-state index contributed by atoms with van der Waals surface area (Å²) < 4.78 is 14.2. The summed E-state index contributed by atoms with van der Waals surface area (Å²) in [6.07, 6.45) is 4.20. The Hall–Kier alpha value is -0.600. The van der Waals surface area contributed by atoms with Crippen molar-refractivity contribution in [1.29, 1.82) is 0 Å². The minimum absolute atomic E-state index is 0.128. The van der Waals surface area contributed by atoms with Crippen LogP contribution in [0.2, 0.25) is 5.02 Å². The summed E-state index contributed by atoms with van der Waals surface area (Å²) in [5.41, 5.74) is 7.01. The van der Waals surface area contributed by atoms with E-state index in [-0.39, 0.29) is 11.2 Å². The molecule has 0 bridgehead atoms. The van der Waals surface area contributed by atoms with E-state index in [4.69, 9.17) is 17.3 Å². The van der Waals surface area contributed by atoms with Crippen LogP contribution in [0.25, 0.3) is 0 Å². The van der Waals surface area contributed by atoms with Crippen LogP contribution in [-0.2, 0) is 5.41 Å². The predicted molar refractivity (Wildman–Crippen MR) is 65.3 cm³/mol. The van der Waals surface area contributed by atoms with Gasteiger partial charge >= 0.3 is 0 Å². The lowest BCUT2D eigenvalue weighted by Crippen LogP contribution is -2.33. The van der Waals surface area contributed by atoms with Crippen molar-refractivity contribution in [3.05, 3.63) is 34.1 Å². The average molecular weight is 242 g/mol. The Morgan fingerprint density at radius 1 is 1.38 bits per heavy atom. The molecule has 0 heterocycles. The van der Waals surface area contributed by atoms with Gasteiger partial charge in [0.15, 0.2) is 0 Å². The van der Waals surface area contributed by atoms with E-state index in [2.05, 4.69) is 0 Å². The van der Waals surface area contributed by atoms with Crippen molar-refractivity contribution in [1.82, 2.24) is 0 Å². The van der Waals surface area contributed by atoms with E-state index >= 15 is 0 Å². The average Bonchev–Trinajstić information content (AvgIpc) is 2.73. The highest BCUT2D eigenvalue weighted by Crippen LogP contribution is 2.42. The summed E-state index contributed by atoms with van der Waals surface area (Å²) >= 11 is 6.01. The van der Waals surface area contributed by atoms with Crippen LogP contribution in [0.15, 0.2) is 12.1 Å². The minimum Gasteiger partial charge on any atom is -0.330 e. The van der Waals surface area contributed by atoms with E-state index in [9.17, 15) is 4.39 Å². The Labute approximate surface area is 101 Å². The van der Waals surface area contributed by atoms with Gasteiger partial charge < -0.3 is 5.73 Å². The van der Waals surface area contributed by atoms with Crippen LogP contribution in [-0.4, -0.2) is 6.54 Å². The van der Waals surface area contributed by atoms with Crippen molar-refractivity contribution in [3.63, 3.8) is 0 Å². The van der Waals surface area contributed by atoms with Crippen LogP contribution in [0, 0.1) is 12.7 Å². The van der Waals surface area contributed by atoms with Gasteiger partial charge in [0.05, 0.1) is 0 Å². The van der Waals surface area contributed by atoms with Gasteiger partial charge in [0.25, 0.3) is 0 Å². The molecule has 0 spiro atoms. The molecule has 3 heteroatoms. The van der Waals surface area contributed by atoms with Crippen molar-refractivity contribution in [2.75, 3.05) is 6.54 Å². The fourth-order valence-electron chi connectivity index (χ4n) is 2.75. The molecule has 1 aliphatic carbocycles. The highest BCUT2D eigenvalue weighted by atomic mass is 35.5. The van der Waals surface area contributed by atoms with Crippen LogP contribution in [0.3, 0.4) is 0 Å². The van der Waals surface area contributed by atoms with Crippen molar-refractivity contribution >= 4 is 11.6 Å². The summed E-state index contributed by atoms with van der Waals surface area (Å²) in [5, 5.41) is 0.605. The first-order valence-electron chi connectivity index (χ1n) is 5.75. The first-order chi connectivity index (χ1) is 7.59. The molecule has 88 valence electrons. The van der Waals surface area contributed by atoms with Gasteiger partial charge in [-0.05, 0) is 43.0 Å². The van der Waals surface area contributed by atoms with Crippen molar-refractivity contribution in [3.8, 4) is 0 Å². The SMILES string of the molecule is Cc1cc(Cl)cc(C2(CN)CCCC2)c1F. The Bertz CT molecular complexity index is 397. The summed E-state index contributed by atoms with van der Waals surface area (Å²) in [5.74, 6) is -0.128. The Morgan fingerprint density at radius 3 is 2.56 bits per heavy atom. The number of benzene rings is 1. The van der Waals surface area contributed by atoms with E-state index in [1.54, 1.807) is 19.1 Å². The molecule has 0 aromatic heterocycles. The second-order valence-corrected chi connectivity index (χ2v) is 5.21. The highest BCUT2D eigenvalue weighted by Gasteiger charge is 2.36. The van der Waals surface area contributed by atoms with Crippen LogP contribution < -0.4 is 5.73 Å². The molecule has 2 rings (SSSR count). The molecule has 0 aliphatic heterocycles. The van der Waals surface area contributed by atoms with E-state index < -0.39 is 0 Å². The van der Waals surface area contributed by atoms with Gasteiger partial charge in [-0.15, -0.1) is 0 Å². The Balaban J connectivity index is 2.53. The third-order valence-corrected chi connectivity index (χ3v) is 3.96. The lowest BCUT2D eigenvalue weighted by molar-refractivity contribution is 0.425. The van der Waals surface area contributed by atoms with E-state index in [0.29, 0.717) is 17.1 Å². The van der Waals surface area contributed by atoms with Gasteiger partial charge in [-0.1, -0.05) is 24.4 Å². The zero-order valence-corrected chi connectivity index (χ0v) is 10.3. The predicted octanol–water partition coefficient (Wildman–Crippen LogP) is 3.56. The maximum Gasteiger partial charge on any atom is 0.130 e. The lowest BCUT2D eigenvalue weighted by atomic mass is 9.78. The van der Waals surface area contributed by atoms with Gasteiger partial charge in [0.2, 0.25) is 0 Å². The zero-order valence-electron chi connectivity index (χ0n) is 9.52. The standard InChI is InChI=1S/C13H17ClFN/c1-9-6-10(14)7-11(12(9)15)13(8-16)4-2-3-5-13/h6-7H,2-5,8,16H2,1H3. The molecule has 2 N–H and O–H groups in total. The number of aryl methyl sites for hydroxylation is 1. The number of halogens is 2. The normalized spacial score (nSPS) is 19.0. The molecule has 0 atom stereocenters. The molecule has 0 saturated heterocycles. The van der Waals surface area contributed by atoms with Gasteiger partial charge in [0, 0.05) is 17.0 Å². The topological polar surface area (TPSA) is 26.0 Å². The van der Waals surface area contributed by atoms with E-state index in [0.717, 1.165) is 31.2 Å². The van der Waals surface area contributed by atoms with Crippen LogP contribution >= 0.6 is 11.6 Å². The molecule has 16 heavy (non-hydrogen) atoms. The van der Waals surface area contributed by atoms with E-state index in [1.165, 1.54) is 0 Å². The molecule has 0 unspecified atom stereocenters. The van der Waals surface area contributed by atoms with Crippen molar-refractivity contribution < 1.29 is 4.39 Å². The Kier molecular flexibility index (Phi) is 3.22. The molecule has 1 fully saturated rings. The van der Waals surface area contributed by atoms with Gasteiger partial charge in [-0.3, -0.25) is 0 Å². The molecular formula is C13H17ClFN. The Morgan fingerprint density at radius 2 is 2.00 bits per heavy atom. The van der Waals surface area contributed by atoms with Gasteiger partial charge in [-0.2, -0.15) is 0 Å². The molecule has 1 aliphatic rings. The van der Waals surface area contributed by atoms with Crippen LogP contribution in [0.1, 0.15) is 36.8 Å². The van der Waals surface area contributed by atoms with Crippen molar-refractivity contribution in [2.24, 2.45) is 5.73 Å². The van der Waals surface area contributed by atoms with Gasteiger partial charge in [-0.25, -0.2) is 4.39 Å². The lowest BCUT2D eigenvalue weighted by Gasteiger charge is -2.29. The third kappa shape index (κ3) is 1.85. The molecule has 0 amide bonds. The first kappa shape index (κ1) is 11.9. The maximum absolute atomic E-state index is 14.2. The fraction of sp³-hybridized carbons (Fsp3) is 0.538. The smallest absolute Gasteiger partial charge is 0.130 e. The molecule has 1 saturated carbocycles. The number of hydrogen-bond acceptors (Lipinski definition) is 1. The summed E-state index contributed by atoms with van der Waals surface area (Å²) in [6, 6.07) is 3.42. The van der Waals surface area contributed by atoms with Gasteiger partial charge in [0.1, 0.15) is 5.82 Å². The third-order valence-electron chi connectivity index (χ3n) is 3.74. The second-order valence-electron chi connectivity index (χ2n) is 4.78. The second kappa shape index (κ2) is 4.34. The summed E-state index contributed by atoms with van der Waals surface area (Å²) in [4.78, 5) is 0. The number of hydrogen-bond donors (Lipinski definition) is 1. The number of rotatable bonds is 2. The minimum atomic E-state index is -0.181.